The molecule has 2 saturated heterocycles. The van der Waals surface area contributed by atoms with Crippen molar-refractivity contribution in [3.05, 3.63) is 27.8 Å². The summed E-state index contributed by atoms with van der Waals surface area (Å²) < 4.78 is 10.3. The lowest BCUT2D eigenvalue weighted by molar-refractivity contribution is -0.385. The van der Waals surface area contributed by atoms with Gasteiger partial charge in [-0.15, -0.1) is 0 Å². The lowest BCUT2D eigenvalue weighted by Gasteiger charge is -2.34. The number of benzene rings is 1. The van der Waals surface area contributed by atoms with E-state index >= 15 is 0 Å². The van der Waals surface area contributed by atoms with Gasteiger partial charge in [0.05, 0.1) is 25.2 Å². The molecule has 0 bridgehead atoms. The highest BCUT2D eigenvalue weighted by Crippen LogP contribution is 2.35. The smallest absolute Gasteiger partial charge is 0.286 e. The Kier molecular flexibility index (Phi) is 7.12. The van der Waals surface area contributed by atoms with E-state index in [0.29, 0.717) is 25.9 Å². The SMILES string of the molecule is COc1cc(C(=O)N2CCC(C(=O)N3CCCCCC3)CC2)c([N+](=O)[O-])cc1OC. The fourth-order valence-electron chi connectivity index (χ4n) is 4.24. The fraction of sp³-hybridized carbons (Fsp3) is 0.619. The first-order valence-electron chi connectivity index (χ1n) is 10.4. The summed E-state index contributed by atoms with van der Waals surface area (Å²) in [6, 6.07) is 2.56. The van der Waals surface area contributed by atoms with Crippen LogP contribution in [0.5, 0.6) is 11.5 Å². The molecule has 2 fully saturated rings. The third-order valence-corrected chi connectivity index (χ3v) is 5.98. The Morgan fingerprint density at radius 3 is 2.03 bits per heavy atom. The normalized spacial score (nSPS) is 17.9. The third kappa shape index (κ3) is 4.66. The Morgan fingerprint density at radius 2 is 1.50 bits per heavy atom. The summed E-state index contributed by atoms with van der Waals surface area (Å²) in [7, 11) is 2.80. The molecule has 30 heavy (non-hydrogen) atoms. The van der Waals surface area contributed by atoms with Crippen LogP contribution in [0.1, 0.15) is 48.9 Å². The number of nitro groups is 1. The quantitative estimate of drug-likeness (QED) is 0.537. The molecule has 2 amide bonds. The number of carbonyl (C=O) groups excluding carboxylic acids is 2. The molecule has 0 unspecified atom stereocenters. The van der Waals surface area contributed by atoms with E-state index < -0.39 is 10.8 Å². The molecule has 1 aromatic carbocycles. The predicted molar refractivity (Wildman–Crippen MR) is 110 cm³/mol. The van der Waals surface area contributed by atoms with Crippen LogP contribution in [0.15, 0.2) is 12.1 Å². The van der Waals surface area contributed by atoms with Gasteiger partial charge >= 0.3 is 0 Å². The topological polar surface area (TPSA) is 102 Å². The first kappa shape index (κ1) is 21.9. The average molecular weight is 419 g/mol. The predicted octanol–water partition coefficient (Wildman–Crippen LogP) is 2.87. The number of nitro benzene ring substituents is 1. The highest BCUT2D eigenvalue weighted by atomic mass is 16.6. The van der Waals surface area contributed by atoms with Crippen molar-refractivity contribution < 1.29 is 24.0 Å². The molecule has 9 heteroatoms. The summed E-state index contributed by atoms with van der Waals surface area (Å²) in [5, 5.41) is 11.5. The number of hydrogen-bond donors (Lipinski definition) is 0. The Bertz CT molecular complexity index is 796. The molecule has 3 rings (SSSR count). The van der Waals surface area contributed by atoms with E-state index in [2.05, 4.69) is 0 Å². The van der Waals surface area contributed by atoms with Crippen molar-refractivity contribution in [2.45, 2.75) is 38.5 Å². The van der Waals surface area contributed by atoms with Crippen LogP contribution >= 0.6 is 0 Å². The van der Waals surface area contributed by atoms with Gasteiger partial charge in [0.1, 0.15) is 5.56 Å². The maximum atomic E-state index is 13.0. The molecular formula is C21H29N3O6. The van der Waals surface area contributed by atoms with E-state index in [1.807, 2.05) is 4.90 Å². The van der Waals surface area contributed by atoms with Gasteiger partial charge in [0.25, 0.3) is 11.6 Å². The van der Waals surface area contributed by atoms with Crippen molar-refractivity contribution in [2.75, 3.05) is 40.4 Å². The van der Waals surface area contributed by atoms with Gasteiger partial charge < -0.3 is 19.3 Å². The first-order chi connectivity index (χ1) is 14.5. The lowest BCUT2D eigenvalue weighted by Crippen LogP contribution is -2.44. The molecule has 0 radical (unpaired) electrons. The average Bonchev–Trinajstić information content (AvgIpc) is 3.06. The number of likely N-dealkylation sites (tertiary alicyclic amines) is 2. The maximum Gasteiger partial charge on any atom is 0.286 e. The summed E-state index contributed by atoms with van der Waals surface area (Å²) in [4.78, 5) is 40.4. The Morgan fingerprint density at radius 1 is 0.933 bits per heavy atom. The van der Waals surface area contributed by atoms with Gasteiger partial charge in [-0.1, -0.05) is 12.8 Å². The van der Waals surface area contributed by atoms with Crippen LogP contribution in [0.3, 0.4) is 0 Å². The van der Waals surface area contributed by atoms with Gasteiger partial charge in [-0.3, -0.25) is 19.7 Å². The van der Waals surface area contributed by atoms with Crippen LogP contribution in [-0.2, 0) is 4.79 Å². The number of hydrogen-bond acceptors (Lipinski definition) is 6. The third-order valence-electron chi connectivity index (χ3n) is 5.98. The van der Waals surface area contributed by atoms with Crippen LogP contribution in [0.25, 0.3) is 0 Å². The Labute approximate surface area is 176 Å². The van der Waals surface area contributed by atoms with Crippen molar-refractivity contribution in [1.29, 1.82) is 0 Å². The molecular weight excluding hydrogens is 390 g/mol. The van der Waals surface area contributed by atoms with Gasteiger partial charge in [0.15, 0.2) is 11.5 Å². The summed E-state index contributed by atoms with van der Waals surface area (Å²) in [5.41, 5.74) is -0.352. The van der Waals surface area contributed by atoms with Crippen molar-refractivity contribution >= 4 is 17.5 Å². The molecule has 1 aromatic rings. The summed E-state index contributed by atoms with van der Waals surface area (Å²) in [6.07, 6.45) is 5.57. The number of carbonyl (C=O) groups is 2. The van der Waals surface area contributed by atoms with Crippen LogP contribution in [-0.4, -0.2) is 66.9 Å². The molecule has 2 aliphatic rings. The van der Waals surface area contributed by atoms with Crippen LogP contribution < -0.4 is 9.47 Å². The number of methoxy groups -OCH3 is 2. The number of amides is 2. The van der Waals surface area contributed by atoms with Crippen molar-refractivity contribution in [1.82, 2.24) is 9.80 Å². The van der Waals surface area contributed by atoms with Crippen molar-refractivity contribution in [3.63, 3.8) is 0 Å². The molecule has 0 aromatic heterocycles. The van der Waals surface area contributed by atoms with E-state index in [4.69, 9.17) is 9.47 Å². The van der Waals surface area contributed by atoms with E-state index in [9.17, 15) is 19.7 Å². The minimum Gasteiger partial charge on any atom is -0.493 e. The summed E-state index contributed by atoms with van der Waals surface area (Å²) in [5.74, 6) is 0.122. The van der Waals surface area contributed by atoms with Gasteiger partial charge in [0.2, 0.25) is 5.91 Å². The fourth-order valence-corrected chi connectivity index (χ4v) is 4.24. The summed E-state index contributed by atoms with van der Waals surface area (Å²) >= 11 is 0. The minimum absolute atomic E-state index is 0.0325. The largest absolute Gasteiger partial charge is 0.493 e. The van der Waals surface area contributed by atoms with E-state index in [-0.39, 0.29) is 34.6 Å². The summed E-state index contributed by atoms with van der Waals surface area (Å²) in [6.45, 7) is 2.43. The molecule has 2 aliphatic heterocycles. The monoisotopic (exact) mass is 419 g/mol. The van der Waals surface area contributed by atoms with E-state index in [1.54, 1.807) is 4.90 Å². The van der Waals surface area contributed by atoms with Gasteiger partial charge in [-0.25, -0.2) is 0 Å². The molecule has 9 nitrogen and oxygen atoms in total. The van der Waals surface area contributed by atoms with Gasteiger partial charge in [0, 0.05) is 38.2 Å². The minimum atomic E-state index is -0.592. The van der Waals surface area contributed by atoms with E-state index in [0.717, 1.165) is 25.9 Å². The van der Waals surface area contributed by atoms with Crippen LogP contribution in [0.4, 0.5) is 5.69 Å². The highest BCUT2D eigenvalue weighted by molar-refractivity contribution is 5.99. The standard InChI is InChI=1S/C21H29N3O6/c1-29-18-13-16(17(24(27)28)14-19(18)30-2)21(26)23-11-7-15(8-12-23)20(25)22-9-5-3-4-6-10-22/h13-15H,3-12H2,1-2H3. The molecule has 0 N–H and O–H groups in total. The van der Waals surface area contributed by atoms with Gasteiger partial charge in [-0.2, -0.15) is 0 Å². The van der Waals surface area contributed by atoms with Crippen molar-refractivity contribution in [3.8, 4) is 11.5 Å². The zero-order chi connectivity index (χ0) is 21.7. The molecule has 2 heterocycles. The second-order valence-corrected chi connectivity index (χ2v) is 7.79. The molecule has 0 spiro atoms. The Hall–Kier alpha value is -2.84. The zero-order valence-electron chi connectivity index (χ0n) is 17.6. The highest BCUT2D eigenvalue weighted by Gasteiger charge is 2.33. The molecule has 0 saturated carbocycles. The number of nitrogens with zero attached hydrogens (tertiary/aromatic N) is 3. The number of rotatable bonds is 5. The van der Waals surface area contributed by atoms with E-state index in [1.165, 1.54) is 39.2 Å². The van der Waals surface area contributed by atoms with Crippen LogP contribution in [0.2, 0.25) is 0 Å². The molecule has 0 atom stereocenters. The second-order valence-electron chi connectivity index (χ2n) is 7.79. The molecule has 0 aliphatic carbocycles. The first-order valence-corrected chi connectivity index (χ1v) is 10.4. The Balaban J connectivity index is 1.70. The van der Waals surface area contributed by atoms with Gasteiger partial charge in [-0.05, 0) is 25.7 Å². The second kappa shape index (κ2) is 9.77. The zero-order valence-corrected chi connectivity index (χ0v) is 17.6. The molecule has 164 valence electrons. The maximum absolute atomic E-state index is 13.0. The number of ether oxygens (including phenoxy) is 2. The lowest BCUT2D eigenvalue weighted by atomic mass is 9.94. The number of piperidine rings is 1. The van der Waals surface area contributed by atoms with Crippen LogP contribution in [0, 0.1) is 16.0 Å². The van der Waals surface area contributed by atoms with Crippen molar-refractivity contribution in [2.24, 2.45) is 5.92 Å².